The van der Waals surface area contributed by atoms with E-state index in [1.807, 2.05) is 24.5 Å². The molecule has 65 heavy (non-hydrogen) atoms. The first kappa shape index (κ1) is 36.7. The molecule has 0 saturated carbocycles. The molecule has 0 spiro atoms. The van der Waals surface area contributed by atoms with Crippen molar-refractivity contribution >= 4 is 54.6 Å². The molecule has 0 fully saturated rings. The van der Waals surface area contributed by atoms with Crippen molar-refractivity contribution in [3.05, 3.63) is 231 Å². The zero-order chi connectivity index (χ0) is 42.8. The number of hydrogen-bond acceptors (Lipinski definition) is 3. The minimum absolute atomic E-state index is 0.888. The topological polar surface area (TPSA) is 57.3 Å². The fraction of sp³-hybridized carbons (Fsp3) is 0. The lowest BCUT2D eigenvalue weighted by Crippen LogP contribution is -2.29. The largest absolute Gasteiger partial charge is 0.309 e. The molecule has 0 amide bonds. The fourth-order valence-electron chi connectivity index (χ4n) is 9.69. The second-order valence-corrected chi connectivity index (χ2v) is 16.4. The molecule has 0 aliphatic carbocycles. The Morgan fingerprint density at radius 1 is 0.338 bits per heavy atom. The van der Waals surface area contributed by atoms with Crippen molar-refractivity contribution in [2.75, 3.05) is 0 Å². The highest BCUT2D eigenvalue weighted by atomic mass is 15.1. The maximum absolute atomic E-state index is 5.14. The molecule has 7 nitrogen and oxygen atoms in total. The van der Waals surface area contributed by atoms with Crippen LogP contribution in [0.5, 0.6) is 0 Å². The Kier molecular flexibility index (Phi) is 8.39. The number of imidazole rings is 1. The molecule has 0 bridgehead atoms. The third kappa shape index (κ3) is 6.05. The number of benzene rings is 8. The van der Waals surface area contributed by atoms with Gasteiger partial charge in [-0.25, -0.2) is 15.0 Å². The molecule has 0 aliphatic rings. The minimum Gasteiger partial charge on any atom is -0.309 e. The highest BCUT2D eigenvalue weighted by Crippen LogP contribution is 2.39. The van der Waals surface area contributed by atoms with Crippen LogP contribution in [-0.2, 0) is 0 Å². The average Bonchev–Trinajstić information content (AvgIpc) is 4.05. The quantitative estimate of drug-likeness (QED) is 0.150. The van der Waals surface area contributed by atoms with E-state index in [9.17, 15) is 0 Å². The summed E-state index contributed by atoms with van der Waals surface area (Å²) < 4.78 is 9.17. The van der Waals surface area contributed by atoms with Gasteiger partial charge in [0.1, 0.15) is 12.2 Å². The summed E-state index contributed by atoms with van der Waals surface area (Å²) >= 11 is 0. The molecule has 5 heterocycles. The molecule has 13 rings (SSSR count). The second kappa shape index (κ2) is 14.9. The van der Waals surface area contributed by atoms with Crippen LogP contribution in [0.1, 0.15) is 0 Å². The summed E-state index contributed by atoms with van der Waals surface area (Å²) in [7, 11) is 0. The molecule has 0 N–H and O–H groups in total. The first-order valence-electron chi connectivity index (χ1n) is 21.8. The molecule has 8 aromatic carbocycles. The molecular weight excluding hydrogens is 795 g/mol. The van der Waals surface area contributed by atoms with Crippen LogP contribution in [0.15, 0.2) is 231 Å². The van der Waals surface area contributed by atoms with Crippen LogP contribution in [0.4, 0.5) is 0 Å². The van der Waals surface area contributed by atoms with Crippen LogP contribution >= 0.6 is 0 Å². The van der Waals surface area contributed by atoms with Crippen molar-refractivity contribution in [3.63, 3.8) is 0 Å². The highest BCUT2D eigenvalue weighted by Gasteiger charge is 2.19. The molecule has 0 atom stereocenters. The van der Waals surface area contributed by atoms with E-state index in [4.69, 9.17) is 4.98 Å². The summed E-state index contributed by atoms with van der Waals surface area (Å²) in [6.45, 7) is 0. The van der Waals surface area contributed by atoms with Crippen LogP contribution < -0.4 is 4.57 Å². The van der Waals surface area contributed by atoms with Crippen molar-refractivity contribution < 1.29 is 4.57 Å². The average molecular weight is 833 g/mol. The molecule has 0 unspecified atom stereocenters. The SMILES string of the molecule is c1ccc(-[n+]2ccc(-n3c4ccccc4c4cc(-c5ccc6c(c5)c5ccccc5n6-c5ccc(-n6c(-c7ccc(-c8cncnc8)cc7)nc7ccccc76)cc5)ccc43)cc2)cc1. The number of hydrogen-bond donors (Lipinski definition) is 0. The summed E-state index contributed by atoms with van der Waals surface area (Å²) in [6.07, 6.45) is 9.50. The molecule has 5 aromatic heterocycles. The van der Waals surface area contributed by atoms with E-state index in [0.717, 1.165) is 61.8 Å². The molecule has 0 radical (unpaired) electrons. The van der Waals surface area contributed by atoms with E-state index in [2.05, 4.69) is 229 Å². The van der Waals surface area contributed by atoms with Crippen LogP contribution in [0.25, 0.3) is 111 Å². The monoisotopic (exact) mass is 832 g/mol. The summed E-state index contributed by atoms with van der Waals surface area (Å²) in [4.78, 5) is 13.5. The first-order chi connectivity index (χ1) is 32.2. The lowest BCUT2D eigenvalue weighted by Gasteiger charge is -2.13. The Bertz CT molecular complexity index is 3900. The summed E-state index contributed by atoms with van der Waals surface area (Å²) in [5.74, 6) is 0.888. The van der Waals surface area contributed by atoms with Crippen molar-refractivity contribution in [1.82, 2.24) is 28.7 Å². The van der Waals surface area contributed by atoms with E-state index in [1.165, 1.54) is 49.2 Å². The van der Waals surface area contributed by atoms with Crippen molar-refractivity contribution in [2.24, 2.45) is 0 Å². The van der Waals surface area contributed by atoms with Gasteiger partial charge in [-0.1, -0.05) is 103 Å². The summed E-state index contributed by atoms with van der Waals surface area (Å²) in [6, 6.07) is 71.8. The van der Waals surface area contributed by atoms with Gasteiger partial charge in [-0.05, 0) is 89.5 Å². The normalized spacial score (nSPS) is 11.7. The standard InChI is InChI=1S/C58H38N7/c1-2-10-44(11-3-1)62-32-30-47(31-33-62)64-54-16-8-5-13-49(54)51-35-42(23-29-56(51)64)41-22-28-55-50(34-41)48-12-4-7-15-53(48)63(55)45-24-26-46(27-25-45)65-57-17-9-6-14-52(57)61-58(65)40-20-18-39(19-21-40)43-36-59-38-60-37-43/h1-38H/q+1. The molecule has 0 saturated heterocycles. The van der Waals surface area contributed by atoms with Gasteiger partial charge in [0.2, 0.25) is 5.69 Å². The van der Waals surface area contributed by atoms with Crippen LogP contribution in [0, 0.1) is 0 Å². The Hall–Kier alpha value is -8.94. The maximum Gasteiger partial charge on any atom is 0.210 e. The number of fused-ring (bicyclic) bond motifs is 7. The van der Waals surface area contributed by atoms with Gasteiger partial charge in [-0.3, -0.25) is 4.57 Å². The molecule has 0 aliphatic heterocycles. The molecule has 7 heteroatoms. The zero-order valence-corrected chi connectivity index (χ0v) is 35.1. The Morgan fingerprint density at radius 2 is 0.815 bits per heavy atom. The van der Waals surface area contributed by atoms with Gasteiger partial charge in [-0.2, -0.15) is 4.57 Å². The van der Waals surface area contributed by atoms with Crippen molar-refractivity contribution in [3.8, 4) is 56.4 Å². The first-order valence-corrected chi connectivity index (χ1v) is 21.8. The van der Waals surface area contributed by atoms with Crippen molar-refractivity contribution in [2.45, 2.75) is 0 Å². The predicted molar refractivity (Wildman–Crippen MR) is 263 cm³/mol. The summed E-state index contributed by atoms with van der Waals surface area (Å²) in [5.41, 5.74) is 16.5. The lowest BCUT2D eigenvalue weighted by atomic mass is 10.0. The molecular formula is C58H38N7+. The van der Waals surface area contributed by atoms with Gasteiger partial charge < -0.3 is 9.13 Å². The Morgan fingerprint density at radius 3 is 1.43 bits per heavy atom. The number of aromatic nitrogens is 7. The maximum atomic E-state index is 5.14. The van der Waals surface area contributed by atoms with E-state index in [0.29, 0.717) is 0 Å². The van der Waals surface area contributed by atoms with Gasteiger partial charge in [0, 0.05) is 80.7 Å². The van der Waals surface area contributed by atoms with Crippen molar-refractivity contribution in [1.29, 1.82) is 0 Å². The summed E-state index contributed by atoms with van der Waals surface area (Å²) in [5, 5.41) is 4.90. The van der Waals surface area contributed by atoms with Gasteiger partial charge in [-0.15, -0.1) is 0 Å². The highest BCUT2D eigenvalue weighted by molar-refractivity contribution is 6.12. The lowest BCUT2D eigenvalue weighted by molar-refractivity contribution is -0.595. The van der Waals surface area contributed by atoms with Gasteiger partial charge in [0.15, 0.2) is 12.4 Å². The number of pyridine rings is 1. The zero-order valence-electron chi connectivity index (χ0n) is 35.1. The minimum atomic E-state index is 0.888. The fourth-order valence-corrected chi connectivity index (χ4v) is 9.69. The number of rotatable bonds is 7. The van der Waals surface area contributed by atoms with Gasteiger partial charge in [0.25, 0.3) is 0 Å². The van der Waals surface area contributed by atoms with Gasteiger partial charge in [0.05, 0.1) is 38.8 Å². The van der Waals surface area contributed by atoms with Crippen LogP contribution in [0.2, 0.25) is 0 Å². The smallest absolute Gasteiger partial charge is 0.210 e. The molecule has 304 valence electrons. The van der Waals surface area contributed by atoms with E-state index >= 15 is 0 Å². The van der Waals surface area contributed by atoms with Crippen LogP contribution in [-0.4, -0.2) is 28.7 Å². The van der Waals surface area contributed by atoms with Crippen LogP contribution in [0.3, 0.4) is 0 Å². The number of para-hydroxylation sites is 5. The molecule has 13 aromatic rings. The van der Waals surface area contributed by atoms with E-state index in [1.54, 1.807) is 6.33 Å². The third-order valence-electron chi connectivity index (χ3n) is 12.8. The Balaban J connectivity index is 0.878. The third-order valence-corrected chi connectivity index (χ3v) is 12.8. The van der Waals surface area contributed by atoms with E-state index < -0.39 is 0 Å². The predicted octanol–water partition coefficient (Wildman–Crippen LogP) is 13.3. The number of nitrogens with zero attached hydrogens (tertiary/aromatic N) is 7. The second-order valence-electron chi connectivity index (χ2n) is 16.4. The Labute approximate surface area is 374 Å². The van der Waals surface area contributed by atoms with E-state index in [-0.39, 0.29) is 0 Å². The van der Waals surface area contributed by atoms with Gasteiger partial charge >= 0.3 is 0 Å².